The molecule has 0 spiro atoms. The van der Waals surface area contributed by atoms with Crippen molar-refractivity contribution in [1.82, 2.24) is 20.4 Å². The van der Waals surface area contributed by atoms with Crippen molar-refractivity contribution in [3.63, 3.8) is 0 Å². The van der Waals surface area contributed by atoms with E-state index in [4.69, 9.17) is 4.74 Å². The van der Waals surface area contributed by atoms with Crippen LogP contribution < -0.4 is 15.0 Å². The number of amides is 2. The number of hydrogen-bond acceptors (Lipinski definition) is 8. The molecule has 1 aromatic carbocycles. The van der Waals surface area contributed by atoms with E-state index in [1.165, 1.54) is 23.1 Å². The second-order valence-electron chi connectivity index (χ2n) is 6.20. The zero-order chi connectivity index (χ0) is 19.9. The van der Waals surface area contributed by atoms with E-state index in [0.29, 0.717) is 37.7 Å². The van der Waals surface area contributed by atoms with E-state index in [0.717, 1.165) is 9.47 Å². The number of aromatic nitrogens is 2. The Morgan fingerprint density at radius 2 is 1.93 bits per heavy atom. The van der Waals surface area contributed by atoms with Crippen molar-refractivity contribution in [2.75, 3.05) is 43.9 Å². The van der Waals surface area contributed by atoms with E-state index in [1.807, 2.05) is 35.2 Å². The van der Waals surface area contributed by atoms with Crippen LogP contribution in [-0.2, 0) is 9.59 Å². The SMILES string of the molecule is CNC(=O)CSc1nnc(N2CCN(C(=O)C(C)Oc3ccccc3)CC2)s1. The maximum atomic E-state index is 12.6. The van der Waals surface area contributed by atoms with Crippen molar-refractivity contribution in [3.8, 4) is 5.75 Å². The van der Waals surface area contributed by atoms with E-state index >= 15 is 0 Å². The molecule has 0 radical (unpaired) electrons. The molecule has 0 aliphatic carbocycles. The Bertz CT molecular complexity index is 794. The molecule has 2 aromatic rings. The van der Waals surface area contributed by atoms with Gasteiger partial charge >= 0.3 is 0 Å². The summed E-state index contributed by atoms with van der Waals surface area (Å²) in [7, 11) is 1.61. The third-order valence-corrected chi connectivity index (χ3v) is 6.38. The second kappa shape index (κ2) is 9.74. The Labute approximate surface area is 172 Å². The summed E-state index contributed by atoms with van der Waals surface area (Å²) in [6.45, 7) is 4.39. The molecule has 1 aliphatic heterocycles. The molecule has 1 atom stereocenters. The lowest BCUT2D eigenvalue weighted by Crippen LogP contribution is -2.52. The minimum absolute atomic E-state index is 0.0115. The highest BCUT2D eigenvalue weighted by molar-refractivity contribution is 8.01. The molecule has 8 nitrogen and oxygen atoms in total. The molecule has 1 aromatic heterocycles. The average molecular weight is 422 g/mol. The van der Waals surface area contributed by atoms with Gasteiger partial charge in [-0.15, -0.1) is 10.2 Å². The summed E-state index contributed by atoms with van der Waals surface area (Å²) < 4.78 is 6.50. The van der Waals surface area contributed by atoms with Gasteiger partial charge in [-0.2, -0.15) is 0 Å². The fourth-order valence-corrected chi connectivity index (χ4v) is 4.48. The number of nitrogens with zero attached hydrogens (tertiary/aromatic N) is 4. The maximum Gasteiger partial charge on any atom is 0.263 e. The molecule has 28 heavy (non-hydrogen) atoms. The quantitative estimate of drug-likeness (QED) is 0.678. The second-order valence-corrected chi connectivity index (χ2v) is 8.38. The first kappa shape index (κ1) is 20.4. The molecule has 1 N–H and O–H groups in total. The highest BCUT2D eigenvalue weighted by Gasteiger charge is 2.27. The van der Waals surface area contributed by atoms with Gasteiger partial charge in [-0.3, -0.25) is 9.59 Å². The van der Waals surface area contributed by atoms with E-state index < -0.39 is 6.10 Å². The summed E-state index contributed by atoms with van der Waals surface area (Å²) >= 11 is 2.84. The number of carbonyl (C=O) groups is 2. The van der Waals surface area contributed by atoms with Gasteiger partial charge in [0.05, 0.1) is 5.75 Å². The molecule has 0 saturated carbocycles. The van der Waals surface area contributed by atoms with E-state index in [2.05, 4.69) is 20.4 Å². The van der Waals surface area contributed by atoms with Gasteiger partial charge in [0, 0.05) is 33.2 Å². The summed E-state index contributed by atoms with van der Waals surface area (Å²) in [5.41, 5.74) is 0. The molecule has 1 fully saturated rings. The molecule has 1 aliphatic rings. The third kappa shape index (κ3) is 5.35. The average Bonchev–Trinajstić information content (AvgIpc) is 3.21. The van der Waals surface area contributed by atoms with Crippen molar-refractivity contribution >= 4 is 40.0 Å². The van der Waals surface area contributed by atoms with Crippen LogP contribution in [0.25, 0.3) is 0 Å². The van der Waals surface area contributed by atoms with Crippen molar-refractivity contribution in [1.29, 1.82) is 0 Å². The number of thioether (sulfide) groups is 1. The number of ether oxygens (including phenoxy) is 1. The number of piperazine rings is 1. The number of para-hydroxylation sites is 1. The molecule has 3 rings (SSSR count). The van der Waals surface area contributed by atoms with Gasteiger partial charge in [0.25, 0.3) is 5.91 Å². The van der Waals surface area contributed by atoms with Crippen LogP contribution in [0.15, 0.2) is 34.7 Å². The number of hydrogen-bond donors (Lipinski definition) is 1. The van der Waals surface area contributed by atoms with Crippen molar-refractivity contribution < 1.29 is 14.3 Å². The Hall–Kier alpha value is -2.33. The van der Waals surface area contributed by atoms with E-state index in [9.17, 15) is 9.59 Å². The minimum Gasteiger partial charge on any atom is -0.481 e. The van der Waals surface area contributed by atoms with Gasteiger partial charge < -0.3 is 19.9 Å². The number of rotatable bonds is 7. The standard InChI is InChI=1S/C18H23N5O3S2/c1-13(26-14-6-4-3-5-7-14)16(25)22-8-10-23(11-9-22)17-20-21-18(28-17)27-12-15(24)19-2/h3-7,13H,8-12H2,1-2H3,(H,19,24). The van der Waals surface area contributed by atoms with Gasteiger partial charge in [0.2, 0.25) is 11.0 Å². The van der Waals surface area contributed by atoms with Crippen molar-refractivity contribution in [2.24, 2.45) is 0 Å². The summed E-state index contributed by atoms with van der Waals surface area (Å²) in [5, 5.41) is 11.8. The predicted octanol–water partition coefficient (Wildman–Crippen LogP) is 1.49. The normalized spacial score (nSPS) is 15.2. The minimum atomic E-state index is -0.525. The summed E-state index contributed by atoms with van der Waals surface area (Å²) in [6.07, 6.45) is -0.525. The number of carbonyl (C=O) groups excluding carboxylic acids is 2. The van der Waals surface area contributed by atoms with Crippen LogP contribution in [0.3, 0.4) is 0 Å². The molecule has 2 heterocycles. The first-order valence-corrected chi connectivity index (χ1v) is 10.8. The van der Waals surface area contributed by atoms with Crippen LogP contribution in [0.5, 0.6) is 5.75 Å². The molecule has 0 bridgehead atoms. The van der Waals surface area contributed by atoms with Crippen molar-refractivity contribution in [3.05, 3.63) is 30.3 Å². The number of anilines is 1. The molecular formula is C18H23N5O3S2. The fourth-order valence-electron chi connectivity index (χ4n) is 2.72. The van der Waals surface area contributed by atoms with Crippen LogP contribution in [-0.4, -0.2) is 72.0 Å². The Morgan fingerprint density at radius 1 is 1.21 bits per heavy atom. The predicted molar refractivity (Wildman–Crippen MR) is 110 cm³/mol. The molecule has 10 heteroatoms. The summed E-state index contributed by atoms with van der Waals surface area (Å²) in [4.78, 5) is 27.9. The Morgan fingerprint density at radius 3 is 2.61 bits per heavy atom. The van der Waals surface area contributed by atoms with E-state index in [1.54, 1.807) is 14.0 Å². The topological polar surface area (TPSA) is 87.7 Å². The van der Waals surface area contributed by atoms with Gasteiger partial charge in [0.15, 0.2) is 10.4 Å². The molecule has 150 valence electrons. The van der Waals surface area contributed by atoms with Gasteiger partial charge in [-0.25, -0.2) is 0 Å². The molecule has 2 amide bonds. The third-order valence-electron chi connectivity index (χ3n) is 4.27. The van der Waals surface area contributed by atoms with Gasteiger partial charge in [-0.05, 0) is 19.1 Å². The lowest BCUT2D eigenvalue weighted by molar-refractivity contribution is -0.138. The van der Waals surface area contributed by atoms with Crippen LogP contribution in [0, 0.1) is 0 Å². The Balaban J connectivity index is 1.48. The van der Waals surface area contributed by atoms with Crippen LogP contribution in [0.4, 0.5) is 5.13 Å². The highest BCUT2D eigenvalue weighted by atomic mass is 32.2. The number of benzene rings is 1. The van der Waals surface area contributed by atoms with Crippen LogP contribution in [0.2, 0.25) is 0 Å². The lowest BCUT2D eigenvalue weighted by Gasteiger charge is -2.35. The van der Waals surface area contributed by atoms with Crippen LogP contribution in [0.1, 0.15) is 6.92 Å². The fraction of sp³-hybridized carbons (Fsp3) is 0.444. The van der Waals surface area contributed by atoms with Crippen molar-refractivity contribution in [2.45, 2.75) is 17.4 Å². The summed E-state index contributed by atoms with van der Waals surface area (Å²) in [6, 6.07) is 9.37. The Kier molecular flexibility index (Phi) is 7.10. The zero-order valence-electron chi connectivity index (χ0n) is 15.8. The first-order valence-electron chi connectivity index (χ1n) is 8.99. The van der Waals surface area contributed by atoms with Gasteiger partial charge in [-0.1, -0.05) is 41.3 Å². The summed E-state index contributed by atoms with van der Waals surface area (Å²) in [5.74, 6) is 0.966. The highest BCUT2D eigenvalue weighted by Crippen LogP contribution is 2.28. The monoisotopic (exact) mass is 421 g/mol. The largest absolute Gasteiger partial charge is 0.481 e. The smallest absolute Gasteiger partial charge is 0.263 e. The molecule has 1 unspecified atom stereocenters. The zero-order valence-corrected chi connectivity index (χ0v) is 17.5. The molecular weight excluding hydrogens is 398 g/mol. The lowest BCUT2D eigenvalue weighted by atomic mass is 10.2. The first-order chi connectivity index (χ1) is 13.6. The number of nitrogens with one attached hydrogen (secondary N) is 1. The van der Waals surface area contributed by atoms with Gasteiger partial charge in [0.1, 0.15) is 5.75 Å². The van der Waals surface area contributed by atoms with Crippen LogP contribution >= 0.6 is 23.1 Å². The maximum absolute atomic E-state index is 12.6. The molecule has 1 saturated heterocycles. The van der Waals surface area contributed by atoms with E-state index in [-0.39, 0.29) is 11.8 Å².